The van der Waals surface area contributed by atoms with Gasteiger partial charge < -0.3 is 24.9 Å². The van der Waals surface area contributed by atoms with Gasteiger partial charge in [0.15, 0.2) is 6.61 Å². The highest BCUT2D eigenvalue weighted by Crippen LogP contribution is 2.38. The topological polar surface area (TPSA) is 138 Å². The lowest BCUT2D eigenvalue weighted by Gasteiger charge is -2.23. The summed E-state index contributed by atoms with van der Waals surface area (Å²) in [5, 5.41) is 9.81. The van der Waals surface area contributed by atoms with Gasteiger partial charge in [0, 0.05) is 12.2 Å². The molecular weight excluding hydrogens is 404 g/mol. The van der Waals surface area contributed by atoms with Crippen molar-refractivity contribution >= 4 is 34.5 Å². The highest BCUT2D eigenvalue weighted by molar-refractivity contribution is 6.45. The molecule has 0 unspecified atom stereocenters. The molecule has 1 aromatic carbocycles. The maximum absolute atomic E-state index is 12.7. The van der Waals surface area contributed by atoms with E-state index in [1.165, 1.54) is 19.6 Å². The summed E-state index contributed by atoms with van der Waals surface area (Å²) in [6, 6.07) is 2.96. The van der Waals surface area contributed by atoms with Crippen molar-refractivity contribution in [1.29, 1.82) is 0 Å². The third kappa shape index (κ3) is 4.40. The second-order valence-electron chi connectivity index (χ2n) is 7.77. The van der Waals surface area contributed by atoms with Crippen molar-refractivity contribution in [2.75, 3.05) is 13.7 Å². The van der Waals surface area contributed by atoms with Crippen LogP contribution in [-0.4, -0.2) is 47.0 Å². The number of benzene rings is 1. The Morgan fingerprint density at radius 1 is 1.16 bits per heavy atom. The molecule has 1 fully saturated rings. The molecule has 1 saturated carbocycles. The highest BCUT2D eigenvalue weighted by Gasteiger charge is 2.30. The van der Waals surface area contributed by atoms with E-state index in [1.807, 2.05) is 4.57 Å². The highest BCUT2D eigenvalue weighted by atomic mass is 16.6. The first-order valence-corrected chi connectivity index (χ1v) is 10.2. The van der Waals surface area contributed by atoms with Gasteiger partial charge in [0.25, 0.3) is 11.7 Å². The zero-order valence-electron chi connectivity index (χ0n) is 17.6. The van der Waals surface area contributed by atoms with Crippen LogP contribution in [0.3, 0.4) is 0 Å². The number of aromatic carboxylic acids is 1. The Morgan fingerprint density at radius 3 is 2.42 bits per heavy atom. The summed E-state index contributed by atoms with van der Waals surface area (Å²) in [7, 11) is 1.18. The van der Waals surface area contributed by atoms with Crippen LogP contribution in [0.15, 0.2) is 12.1 Å². The van der Waals surface area contributed by atoms with E-state index < -0.39 is 30.2 Å². The first kappa shape index (κ1) is 22.3. The van der Waals surface area contributed by atoms with E-state index in [0.29, 0.717) is 23.7 Å². The van der Waals surface area contributed by atoms with E-state index in [2.05, 4.69) is 4.74 Å². The van der Waals surface area contributed by atoms with Crippen LogP contribution in [0.1, 0.15) is 58.5 Å². The molecule has 1 aromatic heterocycles. The number of rotatable bonds is 8. The van der Waals surface area contributed by atoms with Crippen LogP contribution in [0, 0.1) is 12.8 Å². The van der Waals surface area contributed by atoms with Gasteiger partial charge in [0.1, 0.15) is 11.3 Å². The maximum Gasteiger partial charge on any atom is 0.343 e. The zero-order valence-corrected chi connectivity index (χ0v) is 17.6. The van der Waals surface area contributed by atoms with Crippen molar-refractivity contribution in [3.8, 4) is 5.75 Å². The fraction of sp³-hybridized carbons (Fsp3) is 0.455. The van der Waals surface area contributed by atoms with Gasteiger partial charge in [-0.2, -0.15) is 0 Å². The van der Waals surface area contributed by atoms with Crippen LogP contribution in [0.25, 0.3) is 10.9 Å². The number of hydrogen-bond acceptors (Lipinski definition) is 6. The molecule has 0 atom stereocenters. The Bertz CT molecular complexity index is 1050. The fourth-order valence-electron chi connectivity index (χ4n) is 4.31. The average molecular weight is 430 g/mol. The van der Waals surface area contributed by atoms with Gasteiger partial charge in [0.2, 0.25) is 0 Å². The molecule has 9 heteroatoms. The number of fused-ring (bicyclic) bond motifs is 1. The summed E-state index contributed by atoms with van der Waals surface area (Å²) in [5.41, 5.74) is 6.12. The normalized spacial score (nSPS) is 14.4. The van der Waals surface area contributed by atoms with Gasteiger partial charge in [-0.1, -0.05) is 19.3 Å². The Hall–Kier alpha value is -3.36. The van der Waals surface area contributed by atoms with E-state index in [1.54, 1.807) is 13.0 Å². The number of primary amides is 1. The fourth-order valence-corrected chi connectivity index (χ4v) is 4.31. The molecule has 2 aromatic rings. The molecular formula is C22H26N2O7. The number of nitrogens with two attached hydrogens (primary N) is 1. The average Bonchev–Trinajstić information content (AvgIpc) is 3.03. The van der Waals surface area contributed by atoms with Crippen LogP contribution in [-0.2, 0) is 20.9 Å². The maximum atomic E-state index is 12.7. The molecule has 0 saturated heterocycles. The van der Waals surface area contributed by atoms with Crippen LogP contribution in [0.2, 0.25) is 0 Å². The molecule has 9 nitrogen and oxygen atoms in total. The smallest absolute Gasteiger partial charge is 0.343 e. The van der Waals surface area contributed by atoms with E-state index in [9.17, 15) is 24.3 Å². The molecule has 0 aliphatic heterocycles. The molecule has 3 N–H and O–H groups in total. The van der Waals surface area contributed by atoms with Crippen LogP contribution in [0.5, 0.6) is 5.75 Å². The number of methoxy groups -OCH3 is 1. The number of hydrogen-bond donors (Lipinski definition) is 2. The third-order valence-electron chi connectivity index (χ3n) is 5.85. The van der Waals surface area contributed by atoms with Crippen LogP contribution < -0.4 is 10.5 Å². The number of carboxylic acids is 1. The minimum Gasteiger partial charge on any atom is -0.480 e. The van der Waals surface area contributed by atoms with Gasteiger partial charge in [-0.05, 0) is 37.8 Å². The summed E-state index contributed by atoms with van der Waals surface area (Å²) in [6.07, 6.45) is 5.56. The number of ketones is 1. The molecule has 1 amide bonds. The Morgan fingerprint density at radius 2 is 1.84 bits per heavy atom. The second kappa shape index (κ2) is 9.20. The minimum atomic E-state index is -1.29. The number of carbonyl (C=O) groups excluding carboxylic acids is 3. The number of amides is 1. The standard InChI is InChI=1S/C22H26N2O7/c1-12-17(19(26)21(23)27)18-15(24(12)10-13-6-4-3-5-7-13)9-8-14(22(28)29)20(18)31-11-16(25)30-2/h8-9,13H,3-7,10-11H2,1-2H3,(H2,23,27)(H,28,29). The van der Waals surface area contributed by atoms with Crippen LogP contribution in [0.4, 0.5) is 0 Å². The first-order valence-electron chi connectivity index (χ1n) is 10.2. The molecule has 166 valence electrons. The van der Waals surface area contributed by atoms with E-state index in [0.717, 1.165) is 25.7 Å². The molecule has 0 radical (unpaired) electrons. The zero-order chi connectivity index (χ0) is 22.7. The van der Waals surface area contributed by atoms with Crippen molar-refractivity contribution in [3.05, 3.63) is 29.0 Å². The van der Waals surface area contributed by atoms with E-state index >= 15 is 0 Å². The summed E-state index contributed by atoms with van der Waals surface area (Å²) in [5.74, 6) is -3.86. The van der Waals surface area contributed by atoms with Crippen molar-refractivity contribution < 1.29 is 33.8 Å². The first-order chi connectivity index (χ1) is 14.8. The number of carbonyl (C=O) groups is 4. The Kier molecular flexibility index (Phi) is 6.62. The Labute approximate surface area is 179 Å². The lowest BCUT2D eigenvalue weighted by Crippen LogP contribution is -2.24. The largest absolute Gasteiger partial charge is 0.480 e. The van der Waals surface area contributed by atoms with Crippen molar-refractivity contribution in [2.45, 2.75) is 45.6 Å². The second-order valence-corrected chi connectivity index (χ2v) is 7.77. The molecule has 0 bridgehead atoms. The van der Waals surface area contributed by atoms with Gasteiger partial charge in [-0.15, -0.1) is 0 Å². The molecule has 1 aliphatic carbocycles. The van der Waals surface area contributed by atoms with Crippen molar-refractivity contribution in [1.82, 2.24) is 4.57 Å². The van der Waals surface area contributed by atoms with E-state index in [4.69, 9.17) is 10.5 Å². The van der Waals surface area contributed by atoms with E-state index in [-0.39, 0.29) is 22.3 Å². The molecule has 0 spiro atoms. The number of ether oxygens (including phenoxy) is 2. The summed E-state index contributed by atoms with van der Waals surface area (Å²) in [6.45, 7) is 1.77. The van der Waals surface area contributed by atoms with Crippen molar-refractivity contribution in [2.24, 2.45) is 11.7 Å². The number of carboxylic acid groups (broad SMARTS) is 1. The predicted octanol–water partition coefficient (Wildman–Crippen LogP) is 2.45. The third-order valence-corrected chi connectivity index (χ3v) is 5.85. The van der Waals surface area contributed by atoms with Gasteiger partial charge >= 0.3 is 11.9 Å². The molecule has 31 heavy (non-hydrogen) atoms. The lowest BCUT2D eigenvalue weighted by molar-refractivity contribution is -0.142. The minimum absolute atomic E-state index is 0.00118. The lowest BCUT2D eigenvalue weighted by atomic mass is 9.89. The van der Waals surface area contributed by atoms with Gasteiger partial charge in [-0.3, -0.25) is 9.59 Å². The van der Waals surface area contributed by atoms with Gasteiger partial charge in [-0.25, -0.2) is 9.59 Å². The van der Waals surface area contributed by atoms with Crippen LogP contribution >= 0.6 is 0 Å². The molecule has 1 heterocycles. The number of Topliss-reactive ketones (excluding diaryl/α,β-unsaturated/α-hetero) is 1. The summed E-state index contributed by atoms with van der Waals surface area (Å²) < 4.78 is 12.0. The molecule has 3 rings (SSSR count). The summed E-state index contributed by atoms with van der Waals surface area (Å²) >= 11 is 0. The summed E-state index contributed by atoms with van der Waals surface area (Å²) in [4.78, 5) is 47.9. The quantitative estimate of drug-likeness (QED) is 0.373. The van der Waals surface area contributed by atoms with Crippen molar-refractivity contribution in [3.63, 3.8) is 0 Å². The monoisotopic (exact) mass is 430 g/mol. The number of esters is 1. The SMILES string of the molecule is COC(=O)COc1c(C(=O)O)ccc2c1c(C(=O)C(N)=O)c(C)n2CC1CCCCC1. The number of aromatic nitrogens is 1. The number of nitrogens with zero attached hydrogens (tertiary/aromatic N) is 1. The predicted molar refractivity (Wildman–Crippen MR) is 111 cm³/mol. The van der Waals surface area contributed by atoms with Gasteiger partial charge in [0.05, 0.1) is 23.6 Å². The molecule has 1 aliphatic rings. The Balaban J connectivity index is 2.25.